The topological polar surface area (TPSA) is 77.5 Å². The van der Waals surface area contributed by atoms with Gasteiger partial charge in [0.2, 0.25) is 5.88 Å². The van der Waals surface area contributed by atoms with Gasteiger partial charge in [0.05, 0.1) is 24.1 Å². The number of rotatable bonds is 4. The highest BCUT2D eigenvalue weighted by Gasteiger charge is 2.32. The number of benzene rings is 3. The second-order valence-electron chi connectivity index (χ2n) is 6.60. The molecule has 1 aliphatic heterocycles. The first-order valence-electron chi connectivity index (χ1n) is 9.18. The summed E-state index contributed by atoms with van der Waals surface area (Å²) in [6.07, 6.45) is 0. The molecule has 0 bridgehead atoms. The minimum absolute atomic E-state index is 0.117. The minimum Gasteiger partial charge on any atom is -0.492 e. The maximum Gasteiger partial charge on any atom is 0.205 e. The van der Waals surface area contributed by atoms with Crippen molar-refractivity contribution in [1.82, 2.24) is 0 Å². The molecule has 0 saturated heterocycles. The molecule has 1 aliphatic rings. The standard InChI is InChI=1S/C23H19BrN2O3/c1-3-28-19-11-14(10-18(24)22(19)27-2)20-16-9-8-13-6-4-5-7-15(13)21(16)29-23(26)17(20)12-25/h4-11,20H,3,26H2,1-2H3/t20-/m0/s1. The van der Waals surface area contributed by atoms with Crippen LogP contribution in [0.4, 0.5) is 0 Å². The van der Waals surface area contributed by atoms with Crippen molar-refractivity contribution < 1.29 is 14.2 Å². The van der Waals surface area contributed by atoms with Crippen molar-refractivity contribution in [3.05, 3.63) is 75.6 Å². The first-order chi connectivity index (χ1) is 14.1. The number of methoxy groups -OCH3 is 1. The molecule has 5 nitrogen and oxygen atoms in total. The number of nitrogens with zero attached hydrogens (tertiary/aromatic N) is 1. The highest BCUT2D eigenvalue weighted by Crippen LogP contribution is 2.48. The van der Waals surface area contributed by atoms with Crippen LogP contribution in [0.25, 0.3) is 10.8 Å². The van der Waals surface area contributed by atoms with Crippen LogP contribution in [0.1, 0.15) is 24.0 Å². The molecule has 0 radical (unpaired) electrons. The Labute approximate surface area is 177 Å². The van der Waals surface area contributed by atoms with E-state index in [1.807, 2.05) is 55.5 Å². The number of nitriles is 1. The Bertz CT molecular complexity index is 1180. The second-order valence-corrected chi connectivity index (χ2v) is 7.45. The van der Waals surface area contributed by atoms with Crippen molar-refractivity contribution in [3.63, 3.8) is 0 Å². The van der Waals surface area contributed by atoms with Gasteiger partial charge in [-0.2, -0.15) is 5.26 Å². The van der Waals surface area contributed by atoms with Crippen LogP contribution in [0.3, 0.4) is 0 Å². The van der Waals surface area contributed by atoms with Crippen molar-refractivity contribution in [1.29, 1.82) is 5.26 Å². The molecule has 0 saturated carbocycles. The van der Waals surface area contributed by atoms with Gasteiger partial charge in [0.25, 0.3) is 0 Å². The number of ether oxygens (including phenoxy) is 3. The molecule has 0 unspecified atom stereocenters. The van der Waals surface area contributed by atoms with Crippen LogP contribution in [0.2, 0.25) is 0 Å². The number of allylic oxidation sites excluding steroid dienone is 1. The zero-order chi connectivity index (χ0) is 20.5. The molecule has 4 rings (SSSR count). The van der Waals surface area contributed by atoms with Crippen LogP contribution in [0.5, 0.6) is 17.2 Å². The van der Waals surface area contributed by atoms with Crippen LogP contribution >= 0.6 is 15.9 Å². The SMILES string of the molecule is CCOc1cc([C@@H]2C(C#N)=C(N)Oc3c2ccc2ccccc32)cc(Br)c1OC. The summed E-state index contributed by atoms with van der Waals surface area (Å²) in [6, 6.07) is 18.0. The van der Waals surface area contributed by atoms with Gasteiger partial charge >= 0.3 is 0 Å². The zero-order valence-corrected chi connectivity index (χ0v) is 17.6. The van der Waals surface area contributed by atoms with Crippen LogP contribution in [0.15, 0.2) is 64.5 Å². The van der Waals surface area contributed by atoms with Crippen molar-refractivity contribution in [3.8, 4) is 23.3 Å². The Morgan fingerprint density at radius 3 is 2.72 bits per heavy atom. The summed E-state index contributed by atoms with van der Waals surface area (Å²) in [7, 11) is 1.59. The quantitative estimate of drug-likeness (QED) is 0.588. The van der Waals surface area contributed by atoms with Gasteiger partial charge in [-0.25, -0.2) is 0 Å². The van der Waals surface area contributed by atoms with Gasteiger partial charge in [-0.05, 0) is 45.9 Å². The van der Waals surface area contributed by atoms with E-state index in [0.29, 0.717) is 29.4 Å². The molecule has 0 aliphatic carbocycles. The fraction of sp³-hybridized carbons (Fsp3) is 0.174. The average Bonchev–Trinajstić information content (AvgIpc) is 2.72. The van der Waals surface area contributed by atoms with Gasteiger partial charge in [0.1, 0.15) is 17.4 Å². The minimum atomic E-state index is -0.380. The summed E-state index contributed by atoms with van der Waals surface area (Å²) in [5, 5.41) is 11.8. The first kappa shape index (κ1) is 19.2. The maximum atomic E-state index is 9.84. The second kappa shape index (κ2) is 7.69. The molecule has 3 aromatic rings. The van der Waals surface area contributed by atoms with Gasteiger partial charge in [-0.3, -0.25) is 0 Å². The van der Waals surface area contributed by atoms with E-state index < -0.39 is 0 Å². The van der Waals surface area contributed by atoms with E-state index in [-0.39, 0.29) is 11.8 Å². The lowest BCUT2D eigenvalue weighted by Crippen LogP contribution is -2.21. The lowest BCUT2D eigenvalue weighted by Gasteiger charge is -2.28. The van der Waals surface area contributed by atoms with Crippen LogP contribution in [-0.2, 0) is 0 Å². The van der Waals surface area contributed by atoms with Gasteiger partial charge < -0.3 is 19.9 Å². The van der Waals surface area contributed by atoms with Crippen LogP contribution in [-0.4, -0.2) is 13.7 Å². The molecule has 0 aromatic heterocycles. The molecule has 0 amide bonds. The summed E-state index contributed by atoms with van der Waals surface area (Å²) in [5.41, 5.74) is 8.29. The Morgan fingerprint density at radius 1 is 1.21 bits per heavy atom. The molecular weight excluding hydrogens is 432 g/mol. The van der Waals surface area contributed by atoms with E-state index in [9.17, 15) is 5.26 Å². The maximum absolute atomic E-state index is 9.84. The fourth-order valence-electron chi connectivity index (χ4n) is 3.75. The van der Waals surface area contributed by atoms with Gasteiger partial charge in [-0.1, -0.05) is 36.4 Å². The lowest BCUT2D eigenvalue weighted by molar-refractivity contribution is 0.309. The van der Waals surface area contributed by atoms with E-state index >= 15 is 0 Å². The summed E-state index contributed by atoms with van der Waals surface area (Å²) in [6.45, 7) is 2.40. The number of hydrogen-bond acceptors (Lipinski definition) is 5. The molecule has 29 heavy (non-hydrogen) atoms. The van der Waals surface area contributed by atoms with Crippen molar-refractivity contribution in [2.24, 2.45) is 5.73 Å². The predicted octanol–water partition coefficient (Wildman–Crippen LogP) is 5.23. The third-order valence-corrected chi connectivity index (χ3v) is 5.57. The third-order valence-electron chi connectivity index (χ3n) is 4.98. The van der Waals surface area contributed by atoms with Gasteiger partial charge in [0, 0.05) is 10.9 Å². The molecule has 2 N–H and O–H groups in total. The summed E-state index contributed by atoms with van der Waals surface area (Å²) >= 11 is 3.57. The van der Waals surface area contributed by atoms with Crippen molar-refractivity contribution in [2.75, 3.05) is 13.7 Å². The molecule has 6 heteroatoms. The number of fused-ring (bicyclic) bond motifs is 3. The highest BCUT2D eigenvalue weighted by atomic mass is 79.9. The normalized spacial score (nSPS) is 15.4. The first-order valence-corrected chi connectivity index (χ1v) is 9.97. The molecule has 0 spiro atoms. The summed E-state index contributed by atoms with van der Waals surface area (Å²) in [4.78, 5) is 0. The fourth-order valence-corrected chi connectivity index (χ4v) is 4.37. The van der Waals surface area contributed by atoms with Gasteiger partial charge in [-0.15, -0.1) is 0 Å². The molecule has 0 fully saturated rings. The van der Waals surface area contributed by atoms with E-state index in [4.69, 9.17) is 19.9 Å². The third kappa shape index (κ3) is 3.18. The number of nitrogens with two attached hydrogens (primary N) is 1. The Morgan fingerprint density at radius 2 is 2.00 bits per heavy atom. The van der Waals surface area contributed by atoms with E-state index in [0.717, 1.165) is 26.4 Å². The lowest BCUT2D eigenvalue weighted by atomic mass is 9.82. The summed E-state index contributed by atoms with van der Waals surface area (Å²) < 4.78 is 17.9. The average molecular weight is 451 g/mol. The number of hydrogen-bond donors (Lipinski definition) is 1. The predicted molar refractivity (Wildman–Crippen MR) is 115 cm³/mol. The van der Waals surface area contributed by atoms with Crippen LogP contribution in [0, 0.1) is 11.3 Å². The van der Waals surface area contributed by atoms with Crippen molar-refractivity contribution in [2.45, 2.75) is 12.8 Å². The monoisotopic (exact) mass is 450 g/mol. The van der Waals surface area contributed by atoms with Gasteiger partial charge in [0.15, 0.2) is 11.5 Å². The van der Waals surface area contributed by atoms with E-state index in [1.54, 1.807) is 7.11 Å². The van der Waals surface area contributed by atoms with E-state index in [1.165, 1.54) is 0 Å². The zero-order valence-electron chi connectivity index (χ0n) is 16.0. The van der Waals surface area contributed by atoms with Crippen LogP contribution < -0.4 is 19.9 Å². The molecule has 1 atom stereocenters. The largest absolute Gasteiger partial charge is 0.492 e. The molecular formula is C23H19BrN2O3. The highest BCUT2D eigenvalue weighted by molar-refractivity contribution is 9.10. The molecule has 1 heterocycles. The Balaban J connectivity index is 1.98. The number of halogens is 1. The molecule has 146 valence electrons. The van der Waals surface area contributed by atoms with Crippen molar-refractivity contribution >= 4 is 26.7 Å². The van der Waals surface area contributed by atoms with E-state index in [2.05, 4.69) is 22.0 Å². The molecule has 3 aromatic carbocycles. The Kier molecular flexibility index (Phi) is 5.08. The Hall–Kier alpha value is -3.17. The summed E-state index contributed by atoms with van der Waals surface area (Å²) in [5.74, 6) is 1.62. The smallest absolute Gasteiger partial charge is 0.205 e.